The van der Waals surface area contributed by atoms with Crippen LogP contribution < -0.4 is 10.5 Å². The Balaban J connectivity index is 3.21. The van der Waals surface area contributed by atoms with Gasteiger partial charge in [0.05, 0.1) is 19.6 Å². The maximum Gasteiger partial charge on any atom is 0.313 e. The van der Waals surface area contributed by atoms with E-state index in [1.54, 1.807) is 13.8 Å². The number of nitrogens with two attached hydrogens (primary N) is 1. The Kier molecular flexibility index (Phi) is 4.29. The van der Waals surface area contributed by atoms with E-state index in [-0.39, 0.29) is 0 Å². The van der Waals surface area contributed by atoms with Crippen molar-refractivity contribution in [2.75, 3.05) is 14.2 Å². The summed E-state index contributed by atoms with van der Waals surface area (Å²) in [6.07, 6.45) is 0. The number of hydrogen-bond donors (Lipinski definition) is 1. The van der Waals surface area contributed by atoms with Crippen LogP contribution in [0.15, 0.2) is 18.2 Å². The second-order valence-electron chi connectivity index (χ2n) is 4.58. The average Bonchev–Trinajstić information content (AvgIpc) is 2.36. The number of methoxy groups -OCH3 is 2. The molecule has 1 aromatic carbocycles. The van der Waals surface area contributed by atoms with Gasteiger partial charge in [-0.2, -0.15) is 0 Å². The molecular formula is C13H18FNO3. The Morgan fingerprint density at radius 2 is 2.00 bits per heavy atom. The van der Waals surface area contributed by atoms with Gasteiger partial charge in [0, 0.05) is 11.6 Å². The molecule has 0 bridgehead atoms. The third-order valence-corrected chi connectivity index (χ3v) is 3.02. The fourth-order valence-corrected chi connectivity index (χ4v) is 1.73. The fourth-order valence-electron chi connectivity index (χ4n) is 1.73. The van der Waals surface area contributed by atoms with Crippen molar-refractivity contribution in [3.05, 3.63) is 29.6 Å². The summed E-state index contributed by atoms with van der Waals surface area (Å²) < 4.78 is 23.1. The minimum atomic E-state index is -0.976. The Labute approximate surface area is 106 Å². The van der Waals surface area contributed by atoms with Crippen molar-refractivity contribution >= 4 is 5.97 Å². The van der Waals surface area contributed by atoms with Gasteiger partial charge in [0.15, 0.2) is 0 Å². The zero-order chi connectivity index (χ0) is 13.9. The summed E-state index contributed by atoms with van der Waals surface area (Å²) in [5.74, 6) is -0.441. The molecule has 0 amide bonds. The number of carbonyl (C=O) groups excluding carboxylic acids is 1. The van der Waals surface area contributed by atoms with Gasteiger partial charge in [-0.15, -0.1) is 0 Å². The van der Waals surface area contributed by atoms with Crippen molar-refractivity contribution in [1.82, 2.24) is 0 Å². The molecule has 2 N–H and O–H groups in total. The predicted molar refractivity (Wildman–Crippen MR) is 65.7 cm³/mol. The summed E-state index contributed by atoms with van der Waals surface area (Å²) in [6.45, 7) is 3.29. The standard InChI is InChI=1S/C13H18FNO3/c1-13(2,12(16)18-4)11(15)9-7-8(14)5-6-10(9)17-3/h5-7,11H,15H2,1-4H3/t11-/m1/s1. The SMILES string of the molecule is COC(=O)C(C)(C)[C@H](N)c1cc(F)ccc1OC. The summed E-state index contributed by atoms with van der Waals surface area (Å²) >= 11 is 0. The molecule has 0 aromatic heterocycles. The molecule has 0 aliphatic heterocycles. The third-order valence-electron chi connectivity index (χ3n) is 3.02. The Morgan fingerprint density at radius 3 is 2.50 bits per heavy atom. The summed E-state index contributed by atoms with van der Waals surface area (Å²) in [7, 11) is 2.76. The number of rotatable bonds is 4. The van der Waals surface area contributed by atoms with Crippen LogP contribution in [0.5, 0.6) is 5.75 Å². The molecule has 0 heterocycles. The quantitative estimate of drug-likeness (QED) is 0.836. The molecule has 1 atom stereocenters. The minimum absolute atomic E-state index is 0.429. The summed E-state index contributed by atoms with van der Waals surface area (Å²) in [4.78, 5) is 11.7. The minimum Gasteiger partial charge on any atom is -0.496 e. The molecule has 0 saturated carbocycles. The Hall–Kier alpha value is -1.62. The highest BCUT2D eigenvalue weighted by Crippen LogP contribution is 2.37. The maximum atomic E-state index is 13.3. The average molecular weight is 255 g/mol. The van der Waals surface area contributed by atoms with E-state index in [0.717, 1.165) is 0 Å². The highest BCUT2D eigenvalue weighted by molar-refractivity contribution is 5.77. The molecule has 4 nitrogen and oxygen atoms in total. The Morgan fingerprint density at radius 1 is 1.39 bits per heavy atom. The molecule has 0 aliphatic rings. The second-order valence-corrected chi connectivity index (χ2v) is 4.58. The van der Waals surface area contributed by atoms with E-state index in [4.69, 9.17) is 15.2 Å². The number of halogens is 1. The number of ether oxygens (including phenoxy) is 2. The van der Waals surface area contributed by atoms with E-state index in [1.807, 2.05) is 0 Å². The van der Waals surface area contributed by atoms with Crippen molar-refractivity contribution in [2.45, 2.75) is 19.9 Å². The lowest BCUT2D eigenvalue weighted by atomic mass is 9.80. The van der Waals surface area contributed by atoms with E-state index in [9.17, 15) is 9.18 Å². The highest BCUT2D eigenvalue weighted by Gasteiger charge is 2.38. The van der Waals surface area contributed by atoms with E-state index in [0.29, 0.717) is 11.3 Å². The molecule has 1 rings (SSSR count). The number of esters is 1. The van der Waals surface area contributed by atoms with Gasteiger partial charge in [-0.05, 0) is 32.0 Å². The van der Waals surface area contributed by atoms with E-state index < -0.39 is 23.2 Å². The normalized spacial score (nSPS) is 13.0. The van der Waals surface area contributed by atoms with Crippen LogP contribution in [-0.4, -0.2) is 20.2 Å². The maximum absolute atomic E-state index is 13.3. The Bertz CT molecular complexity index is 446. The van der Waals surface area contributed by atoms with E-state index in [2.05, 4.69) is 0 Å². The van der Waals surface area contributed by atoms with Crippen LogP contribution in [0.25, 0.3) is 0 Å². The van der Waals surface area contributed by atoms with Crippen molar-refractivity contribution in [3.63, 3.8) is 0 Å². The lowest BCUT2D eigenvalue weighted by molar-refractivity contribution is -0.152. The van der Waals surface area contributed by atoms with Gasteiger partial charge in [0.25, 0.3) is 0 Å². The molecule has 0 saturated heterocycles. The summed E-state index contributed by atoms with van der Waals surface area (Å²) in [6, 6.07) is 3.31. The van der Waals surface area contributed by atoms with Gasteiger partial charge in [0.1, 0.15) is 11.6 Å². The zero-order valence-electron chi connectivity index (χ0n) is 11.0. The number of benzene rings is 1. The molecular weight excluding hydrogens is 237 g/mol. The largest absolute Gasteiger partial charge is 0.496 e. The van der Waals surface area contributed by atoms with Crippen LogP contribution in [0.3, 0.4) is 0 Å². The van der Waals surface area contributed by atoms with Crippen LogP contribution in [0.1, 0.15) is 25.5 Å². The summed E-state index contributed by atoms with van der Waals surface area (Å²) in [5, 5.41) is 0. The van der Waals surface area contributed by atoms with E-state index >= 15 is 0 Å². The van der Waals surface area contributed by atoms with Crippen LogP contribution >= 0.6 is 0 Å². The van der Waals surface area contributed by atoms with E-state index in [1.165, 1.54) is 32.4 Å². The molecule has 1 aromatic rings. The number of carbonyl (C=O) groups is 1. The topological polar surface area (TPSA) is 61.5 Å². The van der Waals surface area contributed by atoms with Gasteiger partial charge in [-0.25, -0.2) is 4.39 Å². The van der Waals surface area contributed by atoms with Gasteiger partial charge in [-0.3, -0.25) is 4.79 Å². The molecule has 0 aliphatic carbocycles. The first kappa shape index (κ1) is 14.4. The molecule has 0 spiro atoms. The molecule has 0 fully saturated rings. The summed E-state index contributed by atoms with van der Waals surface area (Å²) in [5.41, 5.74) is 5.51. The molecule has 18 heavy (non-hydrogen) atoms. The first-order valence-electron chi connectivity index (χ1n) is 5.52. The van der Waals surface area contributed by atoms with Gasteiger partial charge >= 0.3 is 5.97 Å². The van der Waals surface area contributed by atoms with Gasteiger partial charge in [-0.1, -0.05) is 0 Å². The predicted octanol–water partition coefficient (Wildman–Crippen LogP) is 2.03. The lowest BCUT2D eigenvalue weighted by Gasteiger charge is -2.29. The van der Waals surface area contributed by atoms with Gasteiger partial charge in [0.2, 0.25) is 0 Å². The van der Waals surface area contributed by atoms with Crippen LogP contribution in [0, 0.1) is 11.2 Å². The third kappa shape index (κ3) is 2.61. The smallest absolute Gasteiger partial charge is 0.313 e. The van der Waals surface area contributed by atoms with Crippen molar-refractivity contribution < 1.29 is 18.7 Å². The first-order valence-corrected chi connectivity index (χ1v) is 5.52. The second kappa shape index (κ2) is 5.35. The first-order chi connectivity index (χ1) is 8.34. The van der Waals surface area contributed by atoms with Gasteiger partial charge < -0.3 is 15.2 Å². The van der Waals surface area contributed by atoms with Crippen molar-refractivity contribution in [2.24, 2.45) is 11.1 Å². The zero-order valence-corrected chi connectivity index (χ0v) is 11.0. The molecule has 0 unspecified atom stereocenters. The molecule has 100 valence electrons. The van der Waals surface area contributed by atoms with Crippen molar-refractivity contribution in [1.29, 1.82) is 0 Å². The lowest BCUT2D eigenvalue weighted by Crippen LogP contribution is -2.37. The molecule has 0 radical (unpaired) electrons. The number of hydrogen-bond acceptors (Lipinski definition) is 4. The monoisotopic (exact) mass is 255 g/mol. The van der Waals surface area contributed by atoms with Crippen molar-refractivity contribution in [3.8, 4) is 5.75 Å². The van der Waals surface area contributed by atoms with Crippen LogP contribution in [0.4, 0.5) is 4.39 Å². The molecule has 5 heteroatoms. The van der Waals surface area contributed by atoms with Crippen LogP contribution in [-0.2, 0) is 9.53 Å². The highest BCUT2D eigenvalue weighted by atomic mass is 19.1. The van der Waals surface area contributed by atoms with Crippen LogP contribution in [0.2, 0.25) is 0 Å². The fraction of sp³-hybridized carbons (Fsp3) is 0.462.